The number of nitrogens with zero attached hydrogens (tertiary/aromatic N) is 4. The molecule has 0 radical (unpaired) electrons. The first kappa shape index (κ1) is 19.6. The molecule has 4 rings (SSSR count). The van der Waals surface area contributed by atoms with E-state index in [1.54, 1.807) is 12.4 Å². The van der Waals surface area contributed by atoms with E-state index in [0.29, 0.717) is 11.8 Å². The van der Waals surface area contributed by atoms with Crippen LogP contribution >= 0.6 is 11.8 Å². The highest BCUT2D eigenvalue weighted by atomic mass is 32.2. The highest BCUT2D eigenvalue weighted by Gasteiger charge is 2.30. The Morgan fingerprint density at radius 2 is 1.90 bits per heavy atom. The van der Waals surface area contributed by atoms with Gasteiger partial charge in [-0.25, -0.2) is 0 Å². The standard InChI is InChI=1S/C22H25N5OS/c1-3-16-4-6-17(7-5-16)15(2)24-20(28)14-29-22-26-25-21(27(22)19-8-9-19)18-10-12-23-13-11-18/h4-7,10-13,15,19H,3,8-9,14H2,1-2H3,(H,24,28)/t15-/m1/s1. The lowest BCUT2D eigenvalue weighted by Crippen LogP contribution is -2.28. The molecule has 0 saturated heterocycles. The van der Waals surface area contributed by atoms with Crippen molar-refractivity contribution in [2.24, 2.45) is 0 Å². The maximum atomic E-state index is 12.5. The third-order valence-electron chi connectivity index (χ3n) is 5.11. The van der Waals surface area contributed by atoms with E-state index in [0.717, 1.165) is 41.4 Å². The largest absolute Gasteiger partial charge is 0.349 e. The number of nitrogens with one attached hydrogen (secondary N) is 1. The van der Waals surface area contributed by atoms with E-state index in [2.05, 4.69) is 56.3 Å². The predicted octanol–water partition coefficient (Wildman–Crippen LogP) is 4.21. The van der Waals surface area contributed by atoms with Crippen molar-refractivity contribution in [1.29, 1.82) is 0 Å². The van der Waals surface area contributed by atoms with Crippen LogP contribution in [0, 0.1) is 0 Å². The molecule has 6 nitrogen and oxygen atoms in total. The van der Waals surface area contributed by atoms with Crippen LogP contribution in [0.2, 0.25) is 0 Å². The van der Waals surface area contributed by atoms with Gasteiger partial charge in [0.15, 0.2) is 11.0 Å². The zero-order chi connectivity index (χ0) is 20.2. The molecule has 1 saturated carbocycles. The smallest absolute Gasteiger partial charge is 0.230 e. The van der Waals surface area contributed by atoms with Gasteiger partial charge in [-0.15, -0.1) is 10.2 Å². The highest BCUT2D eigenvalue weighted by Crippen LogP contribution is 2.40. The Morgan fingerprint density at radius 1 is 1.17 bits per heavy atom. The van der Waals surface area contributed by atoms with Gasteiger partial charge in [-0.1, -0.05) is 43.0 Å². The summed E-state index contributed by atoms with van der Waals surface area (Å²) in [6.45, 7) is 4.15. The summed E-state index contributed by atoms with van der Waals surface area (Å²) in [6, 6.07) is 12.7. The molecular formula is C22H25N5OS. The number of benzene rings is 1. The third-order valence-corrected chi connectivity index (χ3v) is 6.06. The fraction of sp³-hybridized carbons (Fsp3) is 0.364. The number of carbonyl (C=O) groups excluding carboxylic acids is 1. The number of hydrogen-bond donors (Lipinski definition) is 1. The van der Waals surface area contributed by atoms with Gasteiger partial charge in [0, 0.05) is 24.0 Å². The molecule has 0 bridgehead atoms. The van der Waals surface area contributed by atoms with Crippen LogP contribution in [0.5, 0.6) is 0 Å². The molecule has 0 aliphatic heterocycles. The van der Waals surface area contributed by atoms with Gasteiger partial charge < -0.3 is 5.32 Å². The lowest BCUT2D eigenvalue weighted by atomic mass is 10.1. The Hall–Kier alpha value is -2.67. The van der Waals surface area contributed by atoms with Crippen molar-refractivity contribution in [3.05, 3.63) is 59.9 Å². The van der Waals surface area contributed by atoms with Crippen molar-refractivity contribution < 1.29 is 4.79 Å². The molecule has 2 heterocycles. The Labute approximate surface area is 175 Å². The van der Waals surface area contributed by atoms with Crippen LogP contribution in [0.3, 0.4) is 0 Å². The lowest BCUT2D eigenvalue weighted by molar-refractivity contribution is -0.119. The normalized spacial score (nSPS) is 14.6. The maximum absolute atomic E-state index is 12.5. The highest BCUT2D eigenvalue weighted by molar-refractivity contribution is 7.99. The van der Waals surface area contributed by atoms with Gasteiger partial charge in [-0.3, -0.25) is 14.3 Å². The summed E-state index contributed by atoms with van der Waals surface area (Å²) in [5.74, 6) is 1.17. The van der Waals surface area contributed by atoms with Crippen LogP contribution in [0.25, 0.3) is 11.4 Å². The molecule has 1 atom stereocenters. The van der Waals surface area contributed by atoms with Gasteiger partial charge in [-0.05, 0) is 49.4 Å². The fourth-order valence-electron chi connectivity index (χ4n) is 3.27. The molecule has 2 aromatic heterocycles. The van der Waals surface area contributed by atoms with Crippen molar-refractivity contribution in [3.63, 3.8) is 0 Å². The predicted molar refractivity (Wildman–Crippen MR) is 115 cm³/mol. The average Bonchev–Trinajstić information content (AvgIpc) is 3.51. The molecule has 1 amide bonds. The zero-order valence-electron chi connectivity index (χ0n) is 16.7. The minimum atomic E-state index is -0.0253. The Morgan fingerprint density at radius 3 is 2.55 bits per heavy atom. The third kappa shape index (κ3) is 4.67. The van der Waals surface area contributed by atoms with Gasteiger partial charge in [0.1, 0.15) is 0 Å². The zero-order valence-corrected chi connectivity index (χ0v) is 17.5. The van der Waals surface area contributed by atoms with Crippen molar-refractivity contribution in [1.82, 2.24) is 25.1 Å². The molecule has 0 spiro atoms. The van der Waals surface area contributed by atoms with E-state index >= 15 is 0 Å². The van der Waals surface area contributed by atoms with Crippen LogP contribution < -0.4 is 5.32 Å². The topological polar surface area (TPSA) is 72.7 Å². The van der Waals surface area contributed by atoms with Crippen molar-refractivity contribution in [3.8, 4) is 11.4 Å². The Balaban J connectivity index is 1.40. The van der Waals surface area contributed by atoms with Crippen LogP contribution in [0.15, 0.2) is 53.9 Å². The Bertz CT molecular complexity index is 967. The molecule has 7 heteroatoms. The summed E-state index contributed by atoms with van der Waals surface area (Å²) in [5.41, 5.74) is 3.41. The molecule has 1 aliphatic carbocycles. The summed E-state index contributed by atoms with van der Waals surface area (Å²) < 4.78 is 2.17. The van der Waals surface area contributed by atoms with E-state index in [1.807, 2.05) is 19.1 Å². The number of pyridine rings is 1. The molecule has 1 aliphatic rings. The Kier molecular flexibility index (Phi) is 5.94. The first-order valence-corrected chi connectivity index (χ1v) is 11.0. The van der Waals surface area contributed by atoms with Crippen molar-refractivity contribution in [2.75, 3.05) is 5.75 Å². The molecule has 3 aromatic rings. The van der Waals surface area contributed by atoms with Gasteiger partial charge in [0.25, 0.3) is 0 Å². The second-order valence-electron chi connectivity index (χ2n) is 7.32. The number of thioether (sulfide) groups is 1. The second kappa shape index (κ2) is 8.78. The molecule has 150 valence electrons. The quantitative estimate of drug-likeness (QED) is 0.567. The molecule has 1 fully saturated rings. The van der Waals surface area contributed by atoms with Crippen molar-refractivity contribution >= 4 is 17.7 Å². The summed E-state index contributed by atoms with van der Waals surface area (Å²) in [7, 11) is 0. The van der Waals surface area contributed by atoms with E-state index < -0.39 is 0 Å². The first-order chi connectivity index (χ1) is 14.2. The molecule has 0 unspecified atom stereocenters. The van der Waals surface area contributed by atoms with Gasteiger partial charge in [0.2, 0.25) is 5.91 Å². The number of amides is 1. The average molecular weight is 408 g/mol. The van der Waals surface area contributed by atoms with Crippen LogP contribution in [-0.4, -0.2) is 31.4 Å². The molecular weight excluding hydrogens is 382 g/mol. The minimum Gasteiger partial charge on any atom is -0.349 e. The minimum absolute atomic E-state index is 0.00197. The van der Waals surface area contributed by atoms with E-state index in [1.165, 1.54) is 17.3 Å². The summed E-state index contributed by atoms with van der Waals surface area (Å²) in [5, 5.41) is 12.6. The second-order valence-corrected chi connectivity index (χ2v) is 8.26. The fourth-order valence-corrected chi connectivity index (χ4v) is 4.09. The number of aromatic nitrogens is 4. The van der Waals surface area contributed by atoms with Crippen LogP contribution in [0.4, 0.5) is 0 Å². The van der Waals surface area contributed by atoms with Crippen LogP contribution in [-0.2, 0) is 11.2 Å². The maximum Gasteiger partial charge on any atom is 0.230 e. The SMILES string of the molecule is CCc1ccc([C@@H](C)NC(=O)CSc2nnc(-c3ccncc3)n2C2CC2)cc1. The molecule has 1 N–H and O–H groups in total. The number of aryl methyl sites for hydroxylation is 1. The number of rotatable bonds is 8. The van der Waals surface area contributed by atoms with E-state index in [-0.39, 0.29) is 11.9 Å². The monoisotopic (exact) mass is 407 g/mol. The van der Waals surface area contributed by atoms with E-state index in [9.17, 15) is 4.79 Å². The molecule has 29 heavy (non-hydrogen) atoms. The van der Waals surface area contributed by atoms with Gasteiger partial charge in [-0.2, -0.15) is 0 Å². The first-order valence-electron chi connectivity index (χ1n) is 10.0. The van der Waals surface area contributed by atoms with Gasteiger partial charge in [0.05, 0.1) is 11.8 Å². The van der Waals surface area contributed by atoms with Crippen LogP contribution in [0.1, 0.15) is 49.9 Å². The van der Waals surface area contributed by atoms with Crippen molar-refractivity contribution in [2.45, 2.75) is 50.4 Å². The molecule has 1 aromatic carbocycles. The summed E-state index contributed by atoms with van der Waals surface area (Å²) in [6.07, 6.45) is 6.79. The lowest BCUT2D eigenvalue weighted by Gasteiger charge is -2.15. The summed E-state index contributed by atoms with van der Waals surface area (Å²) >= 11 is 1.44. The van der Waals surface area contributed by atoms with Gasteiger partial charge >= 0.3 is 0 Å². The number of carbonyl (C=O) groups is 1. The number of hydrogen-bond acceptors (Lipinski definition) is 5. The van der Waals surface area contributed by atoms with E-state index in [4.69, 9.17) is 0 Å². The summed E-state index contributed by atoms with van der Waals surface area (Å²) in [4.78, 5) is 16.6.